The first kappa shape index (κ1) is 17.3. The number of amides is 1. The standard InChI is InChI=1S/C21H19N3O2S/c1-26-15-8-6-14(7-9-15)20-17(16-4-2-3-5-18(16)23-20)10-11-19(25)24-21-22-12-13-27-21/h2-9,12-13,23H,10-11H2,1H3,(H,22,24,25). The monoisotopic (exact) mass is 377 g/mol. The van der Waals surface area contributed by atoms with E-state index in [0.29, 0.717) is 18.0 Å². The maximum Gasteiger partial charge on any atom is 0.226 e. The summed E-state index contributed by atoms with van der Waals surface area (Å²) in [5, 5.41) is 6.47. The van der Waals surface area contributed by atoms with Gasteiger partial charge in [-0.25, -0.2) is 4.98 Å². The van der Waals surface area contributed by atoms with Crippen LogP contribution in [0.2, 0.25) is 0 Å². The summed E-state index contributed by atoms with van der Waals surface area (Å²) in [6, 6.07) is 16.1. The van der Waals surface area contributed by atoms with Crippen molar-refractivity contribution in [3.63, 3.8) is 0 Å². The quantitative estimate of drug-likeness (QED) is 0.504. The highest BCUT2D eigenvalue weighted by molar-refractivity contribution is 7.13. The SMILES string of the molecule is COc1ccc(-c2[nH]c3ccccc3c2CCC(=O)Nc2nccs2)cc1. The highest BCUT2D eigenvalue weighted by Crippen LogP contribution is 2.32. The van der Waals surface area contributed by atoms with Gasteiger partial charge in [0.05, 0.1) is 7.11 Å². The average molecular weight is 377 g/mol. The smallest absolute Gasteiger partial charge is 0.226 e. The summed E-state index contributed by atoms with van der Waals surface area (Å²) in [4.78, 5) is 19.9. The van der Waals surface area contributed by atoms with Crippen LogP contribution in [0.5, 0.6) is 5.75 Å². The lowest BCUT2D eigenvalue weighted by Crippen LogP contribution is -2.12. The number of aromatic amines is 1. The highest BCUT2D eigenvalue weighted by atomic mass is 32.1. The predicted octanol–water partition coefficient (Wildman–Crippen LogP) is 4.87. The number of carbonyl (C=O) groups excluding carboxylic acids is 1. The molecule has 0 aliphatic rings. The van der Waals surface area contributed by atoms with Crippen LogP contribution in [0, 0.1) is 0 Å². The molecule has 4 rings (SSSR count). The number of aromatic nitrogens is 2. The number of ether oxygens (including phenoxy) is 1. The summed E-state index contributed by atoms with van der Waals surface area (Å²) >= 11 is 1.42. The van der Waals surface area contributed by atoms with Crippen molar-refractivity contribution in [2.24, 2.45) is 0 Å². The van der Waals surface area contributed by atoms with Crippen molar-refractivity contribution in [3.8, 4) is 17.0 Å². The van der Waals surface area contributed by atoms with E-state index < -0.39 is 0 Å². The van der Waals surface area contributed by atoms with E-state index in [1.54, 1.807) is 13.3 Å². The second-order valence-electron chi connectivity index (χ2n) is 6.14. The van der Waals surface area contributed by atoms with Crippen LogP contribution in [0.1, 0.15) is 12.0 Å². The van der Waals surface area contributed by atoms with Crippen LogP contribution < -0.4 is 10.1 Å². The number of carbonyl (C=O) groups is 1. The number of para-hydroxylation sites is 1. The van der Waals surface area contributed by atoms with Crippen LogP contribution in [0.3, 0.4) is 0 Å². The lowest BCUT2D eigenvalue weighted by atomic mass is 10.0. The lowest BCUT2D eigenvalue weighted by Gasteiger charge is -2.07. The normalized spacial score (nSPS) is 10.9. The van der Waals surface area contributed by atoms with E-state index in [4.69, 9.17) is 4.74 Å². The van der Waals surface area contributed by atoms with E-state index in [1.165, 1.54) is 11.3 Å². The predicted molar refractivity (Wildman–Crippen MR) is 109 cm³/mol. The van der Waals surface area contributed by atoms with Gasteiger partial charge in [0.15, 0.2) is 5.13 Å². The van der Waals surface area contributed by atoms with E-state index in [1.807, 2.05) is 41.8 Å². The third kappa shape index (κ3) is 3.71. The van der Waals surface area contributed by atoms with Gasteiger partial charge in [0.2, 0.25) is 5.91 Å². The molecule has 2 heterocycles. The molecule has 0 unspecified atom stereocenters. The van der Waals surface area contributed by atoms with Gasteiger partial charge in [0.25, 0.3) is 0 Å². The number of thiazole rings is 1. The molecule has 0 atom stereocenters. The van der Waals surface area contributed by atoms with Crippen LogP contribution in [-0.2, 0) is 11.2 Å². The maximum atomic E-state index is 12.3. The van der Waals surface area contributed by atoms with Crippen LogP contribution in [-0.4, -0.2) is 23.0 Å². The molecular formula is C21H19N3O2S. The number of rotatable bonds is 6. The van der Waals surface area contributed by atoms with Gasteiger partial charge in [0, 0.05) is 34.6 Å². The number of nitrogens with one attached hydrogen (secondary N) is 2. The van der Waals surface area contributed by atoms with Gasteiger partial charge in [0.1, 0.15) is 5.75 Å². The second kappa shape index (κ2) is 7.63. The summed E-state index contributed by atoms with van der Waals surface area (Å²) in [7, 11) is 1.66. The summed E-state index contributed by atoms with van der Waals surface area (Å²) in [6.07, 6.45) is 2.72. The van der Waals surface area contributed by atoms with E-state index in [2.05, 4.69) is 27.4 Å². The summed E-state index contributed by atoms with van der Waals surface area (Å²) < 4.78 is 5.26. The molecule has 2 aromatic carbocycles. The van der Waals surface area contributed by atoms with Gasteiger partial charge in [-0.15, -0.1) is 11.3 Å². The number of hydrogen-bond donors (Lipinski definition) is 2. The van der Waals surface area contributed by atoms with Crippen LogP contribution in [0.4, 0.5) is 5.13 Å². The van der Waals surface area contributed by atoms with Crippen LogP contribution in [0.25, 0.3) is 22.2 Å². The van der Waals surface area contributed by atoms with E-state index in [-0.39, 0.29) is 5.91 Å². The number of fused-ring (bicyclic) bond motifs is 1. The van der Waals surface area contributed by atoms with E-state index in [0.717, 1.165) is 33.5 Å². The molecule has 0 saturated heterocycles. The molecule has 0 bridgehead atoms. The molecule has 136 valence electrons. The first-order chi connectivity index (χ1) is 13.2. The zero-order chi connectivity index (χ0) is 18.6. The summed E-state index contributed by atoms with van der Waals surface area (Å²) in [5.41, 5.74) is 4.33. The van der Waals surface area contributed by atoms with Crippen molar-refractivity contribution in [1.29, 1.82) is 0 Å². The molecule has 0 saturated carbocycles. The molecule has 1 amide bonds. The second-order valence-corrected chi connectivity index (χ2v) is 7.03. The molecule has 6 heteroatoms. The zero-order valence-electron chi connectivity index (χ0n) is 14.9. The average Bonchev–Trinajstić information content (AvgIpc) is 3.34. The molecule has 0 spiro atoms. The Labute approximate surface area is 161 Å². The minimum atomic E-state index is -0.0316. The number of aryl methyl sites for hydroxylation is 1. The van der Waals surface area contributed by atoms with Crippen molar-refractivity contribution in [3.05, 3.63) is 65.7 Å². The molecule has 0 aliphatic heterocycles. The Morgan fingerprint density at radius 2 is 2.00 bits per heavy atom. The maximum absolute atomic E-state index is 12.3. The summed E-state index contributed by atoms with van der Waals surface area (Å²) in [6.45, 7) is 0. The molecule has 2 N–H and O–H groups in total. The minimum Gasteiger partial charge on any atom is -0.497 e. The van der Waals surface area contributed by atoms with Crippen molar-refractivity contribution >= 4 is 33.3 Å². The molecule has 0 radical (unpaired) electrons. The van der Waals surface area contributed by atoms with Crippen molar-refractivity contribution in [2.45, 2.75) is 12.8 Å². The molecule has 0 fully saturated rings. The Kier molecular flexibility index (Phi) is 4.89. The topological polar surface area (TPSA) is 67.0 Å². The molecule has 2 aromatic heterocycles. The van der Waals surface area contributed by atoms with E-state index >= 15 is 0 Å². The van der Waals surface area contributed by atoms with E-state index in [9.17, 15) is 4.79 Å². The molecule has 4 aromatic rings. The number of benzene rings is 2. The van der Waals surface area contributed by atoms with Crippen molar-refractivity contribution in [2.75, 3.05) is 12.4 Å². The van der Waals surface area contributed by atoms with Gasteiger partial charge >= 0.3 is 0 Å². The fourth-order valence-corrected chi connectivity index (χ4v) is 3.71. The first-order valence-electron chi connectivity index (χ1n) is 8.68. The first-order valence-corrected chi connectivity index (χ1v) is 9.56. The Morgan fingerprint density at radius 1 is 1.19 bits per heavy atom. The van der Waals surface area contributed by atoms with Crippen molar-refractivity contribution < 1.29 is 9.53 Å². The number of hydrogen-bond acceptors (Lipinski definition) is 4. The number of nitrogens with zero attached hydrogens (tertiary/aromatic N) is 1. The number of H-pyrrole nitrogens is 1. The molecule has 5 nitrogen and oxygen atoms in total. The fraction of sp³-hybridized carbons (Fsp3) is 0.143. The Morgan fingerprint density at radius 3 is 2.74 bits per heavy atom. The number of methoxy groups -OCH3 is 1. The lowest BCUT2D eigenvalue weighted by molar-refractivity contribution is -0.116. The van der Waals surface area contributed by atoms with Gasteiger partial charge < -0.3 is 15.0 Å². The largest absolute Gasteiger partial charge is 0.497 e. The minimum absolute atomic E-state index is 0.0316. The van der Waals surface area contributed by atoms with Crippen molar-refractivity contribution in [1.82, 2.24) is 9.97 Å². The Bertz CT molecular complexity index is 1050. The third-order valence-corrected chi connectivity index (χ3v) is 5.16. The third-order valence-electron chi connectivity index (χ3n) is 4.47. The van der Waals surface area contributed by atoms with Gasteiger partial charge in [-0.2, -0.15) is 0 Å². The highest BCUT2D eigenvalue weighted by Gasteiger charge is 2.15. The number of anilines is 1. The van der Waals surface area contributed by atoms with Crippen LogP contribution >= 0.6 is 11.3 Å². The summed E-state index contributed by atoms with van der Waals surface area (Å²) in [5.74, 6) is 0.787. The molecule has 27 heavy (non-hydrogen) atoms. The zero-order valence-corrected chi connectivity index (χ0v) is 15.7. The van der Waals surface area contributed by atoms with Gasteiger partial charge in [-0.3, -0.25) is 4.79 Å². The Hall–Kier alpha value is -3.12. The van der Waals surface area contributed by atoms with Crippen LogP contribution in [0.15, 0.2) is 60.1 Å². The van der Waals surface area contributed by atoms with Gasteiger partial charge in [-0.1, -0.05) is 18.2 Å². The molecule has 0 aliphatic carbocycles. The van der Waals surface area contributed by atoms with Gasteiger partial charge in [-0.05, 0) is 47.9 Å². The Balaban J connectivity index is 1.62. The molecular weight excluding hydrogens is 358 g/mol. The fourth-order valence-electron chi connectivity index (χ4n) is 3.17.